The van der Waals surface area contributed by atoms with Crippen molar-refractivity contribution in [2.24, 2.45) is 107 Å². The molecule has 0 N–H and O–H groups in total. The predicted molar refractivity (Wildman–Crippen MR) is 316 cm³/mol. The van der Waals surface area contributed by atoms with Gasteiger partial charge in [0.2, 0.25) is 0 Å². The first-order valence-corrected chi connectivity index (χ1v) is 30.3. The van der Waals surface area contributed by atoms with Gasteiger partial charge in [0, 0.05) is 0 Å². The van der Waals surface area contributed by atoms with E-state index in [4.69, 9.17) is 0 Å². The lowest BCUT2D eigenvalue weighted by molar-refractivity contribution is 0.138. The van der Waals surface area contributed by atoms with E-state index in [2.05, 4.69) is 107 Å². The van der Waals surface area contributed by atoms with Crippen molar-refractivity contribution in [3.8, 4) is 0 Å². The summed E-state index contributed by atoms with van der Waals surface area (Å²) in [6.45, 7) is 28.4. The van der Waals surface area contributed by atoms with Crippen LogP contribution in [-0.2, 0) is 0 Å². The van der Waals surface area contributed by atoms with Crippen LogP contribution < -0.4 is 0 Å². The first-order chi connectivity index (χ1) is 31.2. The molecule has 9 aliphatic carbocycles. The van der Waals surface area contributed by atoms with E-state index >= 15 is 0 Å². The molecule has 0 heterocycles. The molecule has 10 rings (SSSR count). The zero-order valence-electron chi connectivity index (χ0n) is 46.2. The van der Waals surface area contributed by atoms with E-state index in [0.29, 0.717) is 5.92 Å². The summed E-state index contributed by atoms with van der Waals surface area (Å²) in [7, 11) is 0. The Bertz CT molecular complexity index is 1320. The van der Waals surface area contributed by atoms with Gasteiger partial charge in [-0.2, -0.15) is 0 Å². The van der Waals surface area contributed by atoms with Gasteiger partial charge in [0.1, 0.15) is 0 Å². The third kappa shape index (κ3) is 21.2. The summed E-state index contributed by atoms with van der Waals surface area (Å²) in [5.41, 5.74) is 1.41. The molecule has 0 amide bonds. The third-order valence-corrected chi connectivity index (χ3v) is 20.8. The molecule has 0 aromatic heterocycles. The zero-order valence-corrected chi connectivity index (χ0v) is 46.2. The van der Waals surface area contributed by atoms with E-state index in [1.54, 1.807) is 89.9 Å². The average molecular weight is 962 g/mol. The third-order valence-electron chi connectivity index (χ3n) is 20.8. The maximum absolute atomic E-state index is 2.42. The zero-order chi connectivity index (χ0) is 46.9. The lowest BCUT2D eigenvalue weighted by Gasteiger charge is -2.36. The molecule has 69 heavy (non-hydrogen) atoms. The molecule has 0 heteroatoms. The van der Waals surface area contributed by atoms with Gasteiger partial charge in [-0.25, -0.2) is 0 Å². The van der Waals surface area contributed by atoms with Crippen LogP contribution in [0.2, 0.25) is 0 Å². The Labute approximate surface area is 438 Å². The number of rotatable bonds is 6. The molecule has 0 bridgehead atoms. The van der Waals surface area contributed by atoms with Crippen molar-refractivity contribution in [1.82, 2.24) is 0 Å². The molecule has 11 unspecified atom stereocenters. The predicted octanol–water partition coefficient (Wildman–Crippen LogP) is 23.6. The van der Waals surface area contributed by atoms with Crippen LogP contribution in [-0.4, -0.2) is 0 Å². The fourth-order valence-electron chi connectivity index (χ4n) is 16.4. The Morgan fingerprint density at radius 3 is 1.14 bits per heavy atom. The molecule has 9 aliphatic rings. The van der Waals surface area contributed by atoms with E-state index in [0.717, 1.165) is 107 Å². The summed E-state index contributed by atoms with van der Waals surface area (Å²) in [4.78, 5) is 0. The summed E-state index contributed by atoms with van der Waals surface area (Å²) >= 11 is 0. The van der Waals surface area contributed by atoms with Crippen LogP contribution in [0.4, 0.5) is 0 Å². The highest BCUT2D eigenvalue weighted by Crippen LogP contribution is 2.50. The van der Waals surface area contributed by atoms with Gasteiger partial charge in [-0.3, -0.25) is 0 Å². The van der Waals surface area contributed by atoms with E-state index in [1.807, 2.05) is 6.07 Å². The molecule has 9 saturated carbocycles. The Morgan fingerprint density at radius 1 is 0.290 bits per heavy atom. The SMILES string of the molecule is C.C.C.C.CC(C)C1CC2CCCCC2C1.CC(C)C1CCC2CCCC2C1.CC(C)C1CCC2CCCCC21.CC(C)C1CCCC1.CC(C)C1CCCC2CCCC21.CC(C)c1ccccc1. The van der Waals surface area contributed by atoms with E-state index in [9.17, 15) is 0 Å². The first kappa shape index (κ1) is 66.2. The highest BCUT2D eigenvalue weighted by molar-refractivity contribution is 5.17. The Balaban J connectivity index is 0.000000412. The van der Waals surface area contributed by atoms with Gasteiger partial charge < -0.3 is 0 Å². The lowest BCUT2D eigenvalue weighted by atomic mass is 9.69. The minimum atomic E-state index is 0. The normalized spacial score (nSPS) is 33.0. The highest BCUT2D eigenvalue weighted by atomic mass is 14.5. The molecule has 11 atom stereocenters. The number of hydrogen-bond acceptors (Lipinski definition) is 0. The average Bonchev–Trinajstić information content (AvgIpc) is 4.16. The fourth-order valence-corrected chi connectivity index (χ4v) is 16.4. The second-order valence-electron chi connectivity index (χ2n) is 26.8. The molecular formula is C69H132. The molecule has 9 fully saturated rings. The Hall–Kier alpha value is -0.780. The van der Waals surface area contributed by atoms with Crippen molar-refractivity contribution in [3.63, 3.8) is 0 Å². The van der Waals surface area contributed by atoms with Crippen LogP contribution >= 0.6 is 0 Å². The van der Waals surface area contributed by atoms with Gasteiger partial charge in [0.05, 0.1) is 0 Å². The second-order valence-corrected chi connectivity index (χ2v) is 26.8. The van der Waals surface area contributed by atoms with Crippen molar-refractivity contribution in [2.75, 3.05) is 0 Å². The number of fused-ring (bicyclic) bond motifs is 4. The standard InChI is InChI=1S/4C12H22.C9H12.C8H16.4CH4/c1-9(2)11-7-3-5-10-6-4-8-12(10)11;1-9(2)11-7-6-10-4-3-5-12(10)8-11;1-9(2)12-7-10-5-3-4-6-11(10)8-12;1-9(2)11-8-7-10-5-3-4-6-12(10)11;1-8(2)9-6-4-3-5-7-9;1-7(2)8-5-3-4-6-8;;;;/h4*9-12H,3-8H2,1-2H3;3-8H,1-2H3;7-8H,3-6H2,1-2H3;4*1H4. The first-order valence-electron chi connectivity index (χ1n) is 30.3. The number of benzene rings is 1. The minimum absolute atomic E-state index is 0. The van der Waals surface area contributed by atoms with Gasteiger partial charge >= 0.3 is 0 Å². The topological polar surface area (TPSA) is 0 Å². The van der Waals surface area contributed by atoms with Gasteiger partial charge in [-0.15, -0.1) is 0 Å². The summed E-state index contributed by atoms with van der Waals surface area (Å²) in [5.74, 6) is 19.7. The molecular weight excluding hydrogens is 829 g/mol. The van der Waals surface area contributed by atoms with Crippen LogP contribution in [0, 0.1) is 107 Å². The smallest absolute Gasteiger partial charge is 0.0219 e. The quantitative estimate of drug-likeness (QED) is 0.267. The summed E-state index contributed by atoms with van der Waals surface area (Å²) in [6.07, 6.45) is 42.9. The number of hydrogen-bond donors (Lipinski definition) is 0. The van der Waals surface area contributed by atoms with Crippen LogP contribution in [0.3, 0.4) is 0 Å². The molecule has 408 valence electrons. The fraction of sp³-hybridized carbons (Fsp3) is 0.913. The van der Waals surface area contributed by atoms with E-state index < -0.39 is 0 Å². The second kappa shape index (κ2) is 34.7. The van der Waals surface area contributed by atoms with Gasteiger partial charge in [0.15, 0.2) is 0 Å². The summed E-state index contributed by atoms with van der Waals surface area (Å²) in [6, 6.07) is 10.5. The van der Waals surface area contributed by atoms with Crippen molar-refractivity contribution < 1.29 is 0 Å². The van der Waals surface area contributed by atoms with Gasteiger partial charge in [-0.1, -0.05) is 259 Å². The Morgan fingerprint density at radius 2 is 0.652 bits per heavy atom. The highest BCUT2D eigenvalue weighted by Gasteiger charge is 2.40. The molecule has 1 aromatic rings. The van der Waals surface area contributed by atoms with Gasteiger partial charge in [0.25, 0.3) is 0 Å². The van der Waals surface area contributed by atoms with Crippen LogP contribution in [0.1, 0.15) is 304 Å². The van der Waals surface area contributed by atoms with Crippen molar-refractivity contribution in [3.05, 3.63) is 35.9 Å². The summed E-state index contributed by atoms with van der Waals surface area (Å²) < 4.78 is 0. The van der Waals surface area contributed by atoms with E-state index in [1.165, 1.54) is 95.5 Å². The molecule has 0 spiro atoms. The van der Waals surface area contributed by atoms with Crippen LogP contribution in [0.5, 0.6) is 0 Å². The molecule has 0 nitrogen and oxygen atoms in total. The molecule has 1 aromatic carbocycles. The van der Waals surface area contributed by atoms with Crippen molar-refractivity contribution in [2.45, 2.75) is 298 Å². The molecule has 0 saturated heterocycles. The van der Waals surface area contributed by atoms with E-state index in [-0.39, 0.29) is 29.7 Å². The monoisotopic (exact) mass is 961 g/mol. The van der Waals surface area contributed by atoms with Crippen LogP contribution in [0.15, 0.2) is 30.3 Å². The Kier molecular flexibility index (Phi) is 33.3. The minimum Gasteiger partial charge on any atom is -0.0776 e. The molecule has 0 aliphatic heterocycles. The van der Waals surface area contributed by atoms with Crippen molar-refractivity contribution in [1.29, 1.82) is 0 Å². The largest absolute Gasteiger partial charge is 0.0776 e. The maximum atomic E-state index is 2.42. The summed E-state index contributed by atoms with van der Waals surface area (Å²) in [5, 5.41) is 0. The van der Waals surface area contributed by atoms with Crippen molar-refractivity contribution >= 4 is 0 Å². The lowest BCUT2D eigenvalue weighted by Crippen LogP contribution is -2.27. The maximum Gasteiger partial charge on any atom is -0.0219 e. The van der Waals surface area contributed by atoms with Crippen LogP contribution in [0.25, 0.3) is 0 Å². The van der Waals surface area contributed by atoms with Gasteiger partial charge in [-0.05, 0) is 182 Å². The molecule has 0 radical (unpaired) electrons.